The molecule has 4 rings (SSSR count). The van der Waals surface area contributed by atoms with Gasteiger partial charge < -0.3 is 32.4 Å². The van der Waals surface area contributed by atoms with Crippen LogP contribution >= 0.6 is 23.2 Å². The molecule has 0 heterocycles. The van der Waals surface area contributed by atoms with Gasteiger partial charge in [-0.2, -0.15) is 0 Å². The van der Waals surface area contributed by atoms with Crippen LogP contribution in [0.4, 0.5) is 0 Å². The maximum atomic E-state index is 6.25. The Morgan fingerprint density at radius 1 is 0.800 bits per heavy atom. The smallest absolute Gasteiger partial charge is 0.156 e. The second-order valence-corrected chi connectivity index (χ2v) is 10.4. The van der Waals surface area contributed by atoms with E-state index in [1.165, 1.54) is 22.3 Å². The fourth-order valence-corrected chi connectivity index (χ4v) is 5.49. The molecule has 0 fully saturated rings. The molecule has 4 aromatic carbocycles. The Bertz CT molecular complexity index is 1370. The van der Waals surface area contributed by atoms with E-state index in [0.717, 1.165) is 35.6 Å². The lowest BCUT2D eigenvalue weighted by molar-refractivity contribution is -0.372. The minimum atomic E-state index is 0. The van der Waals surface area contributed by atoms with Crippen LogP contribution in [0.15, 0.2) is 78.9 Å². The molecule has 0 spiro atoms. The van der Waals surface area contributed by atoms with Crippen LogP contribution in [-0.2, 0) is 6.42 Å². The fraction of sp³-hybridized carbons (Fsp3) is 0.273. The molecule has 212 valence electrons. The summed E-state index contributed by atoms with van der Waals surface area (Å²) >= 11 is 12.5. The highest BCUT2D eigenvalue weighted by atomic mass is 35.5. The lowest BCUT2D eigenvalue weighted by Gasteiger charge is -2.18. The number of para-hydroxylation sites is 1. The van der Waals surface area contributed by atoms with Crippen molar-refractivity contribution in [3.05, 3.63) is 111 Å². The average Bonchev–Trinajstić information content (AvgIpc) is 2.92. The maximum Gasteiger partial charge on any atom is 0.156 e. The van der Waals surface area contributed by atoms with E-state index in [0.29, 0.717) is 41.5 Å². The highest BCUT2D eigenvalue weighted by molar-refractivity contribution is 6.37. The topological polar surface area (TPSA) is 55.3 Å². The zero-order chi connectivity index (χ0) is 27.8. The second kappa shape index (κ2) is 15.2. The standard InChI is InChI=1S/C33H35Cl2NO3.ClH/c1-4-37-32-8-6-5-7-29(32)25-11-14-28(23(3)19-25)26(21-36)20-24-9-12-27(13-10-24)38-15-16-39-33-30(34)17-22(2)18-31(33)35;/h5-14,17-19,26H,4,15-16,20-21,36H2,1-3H3;1H. The van der Waals surface area contributed by atoms with Crippen molar-refractivity contribution in [2.24, 2.45) is 0 Å². The number of benzene rings is 4. The van der Waals surface area contributed by atoms with Crippen molar-refractivity contribution < 1.29 is 32.4 Å². The lowest BCUT2D eigenvalue weighted by atomic mass is 9.87. The van der Waals surface area contributed by atoms with Crippen LogP contribution in [0.2, 0.25) is 10.0 Å². The highest BCUT2D eigenvalue weighted by Gasteiger charge is 2.17. The van der Waals surface area contributed by atoms with Gasteiger partial charge >= 0.3 is 0 Å². The second-order valence-electron chi connectivity index (χ2n) is 9.59. The molecular weight excluding hydrogens is 565 g/mol. The summed E-state index contributed by atoms with van der Waals surface area (Å²) in [5.41, 5.74) is 11.4. The SMILES string of the molecule is CCOc1ccccc1-c1ccc(C(C[NH3+])Cc2ccc(OCCOc3c(Cl)cc(C)cc3Cl)cc2)c(C)c1.[Cl-]. The highest BCUT2D eigenvalue weighted by Crippen LogP contribution is 2.35. The Morgan fingerprint density at radius 3 is 2.12 bits per heavy atom. The van der Waals surface area contributed by atoms with Crippen LogP contribution in [0.25, 0.3) is 11.1 Å². The Labute approximate surface area is 253 Å². The number of rotatable bonds is 12. The Kier molecular flexibility index (Phi) is 12.0. The van der Waals surface area contributed by atoms with Crippen LogP contribution in [-0.4, -0.2) is 26.4 Å². The Morgan fingerprint density at radius 2 is 1.48 bits per heavy atom. The third kappa shape index (κ3) is 8.08. The molecule has 40 heavy (non-hydrogen) atoms. The van der Waals surface area contributed by atoms with Crippen molar-refractivity contribution in [3.63, 3.8) is 0 Å². The molecule has 0 aliphatic heterocycles. The lowest BCUT2D eigenvalue weighted by Crippen LogP contribution is -3.00. The van der Waals surface area contributed by atoms with Gasteiger partial charge in [0.2, 0.25) is 0 Å². The molecule has 0 aromatic heterocycles. The molecule has 1 unspecified atom stereocenters. The van der Waals surface area contributed by atoms with Crippen LogP contribution in [0.1, 0.15) is 35.1 Å². The summed E-state index contributed by atoms with van der Waals surface area (Å²) in [5.74, 6) is 2.52. The first kappa shape index (κ1) is 31.6. The van der Waals surface area contributed by atoms with E-state index < -0.39 is 0 Å². The van der Waals surface area contributed by atoms with E-state index in [2.05, 4.69) is 55.1 Å². The number of halogens is 3. The molecule has 0 saturated carbocycles. The molecule has 4 aromatic rings. The summed E-state index contributed by atoms with van der Waals surface area (Å²) in [6.45, 7) is 8.32. The number of aryl methyl sites for hydroxylation is 2. The van der Waals surface area contributed by atoms with Crippen LogP contribution in [0.5, 0.6) is 17.2 Å². The number of quaternary nitrogens is 1. The van der Waals surface area contributed by atoms with Crippen LogP contribution in [0.3, 0.4) is 0 Å². The number of hydrogen-bond acceptors (Lipinski definition) is 3. The summed E-state index contributed by atoms with van der Waals surface area (Å²) in [4.78, 5) is 0. The van der Waals surface area contributed by atoms with Gasteiger partial charge in [0.15, 0.2) is 5.75 Å². The zero-order valence-corrected chi connectivity index (χ0v) is 25.5. The summed E-state index contributed by atoms with van der Waals surface area (Å²) in [6.07, 6.45) is 0.910. The molecule has 0 saturated heterocycles. The molecule has 0 aliphatic rings. The molecule has 0 radical (unpaired) electrons. The average molecular weight is 601 g/mol. The first-order valence-corrected chi connectivity index (χ1v) is 14.1. The minimum Gasteiger partial charge on any atom is -1.00 e. The van der Waals surface area contributed by atoms with Gasteiger partial charge in [-0.1, -0.05) is 71.7 Å². The quantitative estimate of drug-likeness (QED) is 0.240. The van der Waals surface area contributed by atoms with Gasteiger partial charge in [0.05, 0.1) is 23.2 Å². The van der Waals surface area contributed by atoms with Crippen molar-refractivity contribution in [1.82, 2.24) is 0 Å². The van der Waals surface area contributed by atoms with Crippen molar-refractivity contribution in [3.8, 4) is 28.4 Å². The molecule has 7 heteroatoms. The van der Waals surface area contributed by atoms with Crippen LogP contribution < -0.4 is 32.4 Å². The van der Waals surface area contributed by atoms with Gasteiger partial charge in [0.25, 0.3) is 0 Å². The molecule has 4 nitrogen and oxygen atoms in total. The predicted octanol–water partition coefficient (Wildman–Crippen LogP) is 4.71. The summed E-state index contributed by atoms with van der Waals surface area (Å²) < 4.78 is 17.5. The Hall–Kier alpha value is -2.89. The fourth-order valence-electron chi connectivity index (χ4n) is 4.79. The van der Waals surface area contributed by atoms with Gasteiger partial charge in [-0.25, -0.2) is 0 Å². The Balaban J connectivity index is 0.00000441. The van der Waals surface area contributed by atoms with E-state index in [-0.39, 0.29) is 12.4 Å². The van der Waals surface area contributed by atoms with Gasteiger partial charge in [-0.05, 0) is 85.3 Å². The van der Waals surface area contributed by atoms with E-state index in [1.807, 2.05) is 50.2 Å². The number of ether oxygens (including phenoxy) is 3. The first-order chi connectivity index (χ1) is 18.9. The largest absolute Gasteiger partial charge is 1.00 e. The van der Waals surface area contributed by atoms with Gasteiger partial charge in [-0.3, -0.25) is 0 Å². The third-order valence-corrected chi connectivity index (χ3v) is 7.26. The molecule has 3 N–H and O–H groups in total. The molecular formula is C33H36Cl3NO3. The molecule has 1 atom stereocenters. The van der Waals surface area contributed by atoms with Gasteiger partial charge in [-0.15, -0.1) is 0 Å². The predicted molar refractivity (Wildman–Crippen MR) is 161 cm³/mol. The monoisotopic (exact) mass is 599 g/mol. The van der Waals surface area contributed by atoms with Crippen molar-refractivity contribution in [2.75, 3.05) is 26.4 Å². The van der Waals surface area contributed by atoms with E-state index in [9.17, 15) is 0 Å². The zero-order valence-electron chi connectivity index (χ0n) is 23.2. The first-order valence-electron chi connectivity index (χ1n) is 13.3. The van der Waals surface area contributed by atoms with Crippen molar-refractivity contribution in [1.29, 1.82) is 0 Å². The molecule has 0 aliphatic carbocycles. The van der Waals surface area contributed by atoms with E-state index >= 15 is 0 Å². The van der Waals surface area contributed by atoms with E-state index in [1.54, 1.807) is 0 Å². The third-order valence-electron chi connectivity index (χ3n) is 6.70. The van der Waals surface area contributed by atoms with Gasteiger partial charge in [0.1, 0.15) is 24.7 Å². The van der Waals surface area contributed by atoms with Crippen LogP contribution in [0, 0.1) is 13.8 Å². The molecule has 0 bridgehead atoms. The maximum absolute atomic E-state index is 6.25. The number of hydrogen-bond donors (Lipinski definition) is 1. The normalized spacial score (nSPS) is 11.4. The summed E-state index contributed by atoms with van der Waals surface area (Å²) in [7, 11) is 0. The van der Waals surface area contributed by atoms with E-state index in [4.69, 9.17) is 37.4 Å². The summed E-state index contributed by atoms with van der Waals surface area (Å²) in [5, 5.41) is 1.01. The minimum absolute atomic E-state index is 0. The molecule has 0 amide bonds. The van der Waals surface area contributed by atoms with Crippen molar-refractivity contribution >= 4 is 23.2 Å². The summed E-state index contributed by atoms with van der Waals surface area (Å²) in [6, 6.07) is 26.8. The van der Waals surface area contributed by atoms with Gasteiger partial charge in [0, 0.05) is 11.5 Å². The van der Waals surface area contributed by atoms with Crippen molar-refractivity contribution in [2.45, 2.75) is 33.1 Å².